The Morgan fingerprint density at radius 1 is 1.24 bits per heavy atom. The van der Waals surface area contributed by atoms with E-state index in [4.69, 9.17) is 16.3 Å². The summed E-state index contributed by atoms with van der Waals surface area (Å²) in [6.45, 7) is 0.962. The number of amides is 1. The topological polar surface area (TPSA) is 42.4 Å². The minimum absolute atomic E-state index is 0.00284. The van der Waals surface area contributed by atoms with Crippen molar-refractivity contribution in [3.63, 3.8) is 0 Å². The number of rotatable bonds is 6. The molecule has 1 atom stereocenters. The van der Waals surface area contributed by atoms with Crippen molar-refractivity contribution in [2.45, 2.75) is 31.9 Å². The summed E-state index contributed by atoms with van der Waals surface area (Å²) in [5, 5.41) is 3.53. The zero-order chi connectivity index (χ0) is 20.2. The van der Waals surface area contributed by atoms with Crippen molar-refractivity contribution in [2.75, 3.05) is 6.54 Å². The van der Waals surface area contributed by atoms with Gasteiger partial charge in [0.05, 0.1) is 12.5 Å². The van der Waals surface area contributed by atoms with Gasteiger partial charge in [0.1, 0.15) is 11.6 Å². The van der Waals surface area contributed by atoms with Gasteiger partial charge < -0.3 is 9.64 Å². The summed E-state index contributed by atoms with van der Waals surface area (Å²) in [5.41, 5.74) is 1.53. The molecule has 29 heavy (non-hydrogen) atoms. The molecule has 1 aliphatic heterocycles. The second-order valence-corrected chi connectivity index (χ2v) is 8.33. The SMILES string of the molecule is O=C(Cc1ccc(OCc2ccc(Cl)cc2)c(F)c1)N1CCCC1c1nccs1. The molecular weight excluding hydrogens is 411 g/mol. The molecule has 4 nitrogen and oxygen atoms in total. The van der Waals surface area contributed by atoms with Crippen LogP contribution in [0.3, 0.4) is 0 Å². The lowest BCUT2D eigenvalue weighted by molar-refractivity contribution is -0.131. The Kier molecular flexibility index (Phi) is 6.11. The molecule has 150 valence electrons. The highest BCUT2D eigenvalue weighted by Gasteiger charge is 2.31. The smallest absolute Gasteiger partial charge is 0.227 e. The molecule has 0 radical (unpaired) electrons. The first-order valence-electron chi connectivity index (χ1n) is 9.44. The van der Waals surface area contributed by atoms with E-state index in [1.807, 2.05) is 22.4 Å². The summed E-state index contributed by atoms with van der Waals surface area (Å²) >= 11 is 7.43. The quantitative estimate of drug-likeness (QED) is 0.524. The molecule has 0 bridgehead atoms. The van der Waals surface area contributed by atoms with Crippen LogP contribution in [-0.4, -0.2) is 22.3 Å². The van der Waals surface area contributed by atoms with E-state index in [0.29, 0.717) is 17.1 Å². The van der Waals surface area contributed by atoms with Gasteiger partial charge in [-0.1, -0.05) is 29.8 Å². The van der Waals surface area contributed by atoms with Gasteiger partial charge in [0, 0.05) is 23.1 Å². The van der Waals surface area contributed by atoms with E-state index in [0.717, 1.165) is 23.4 Å². The van der Waals surface area contributed by atoms with Crippen LogP contribution >= 0.6 is 22.9 Å². The molecule has 0 saturated carbocycles. The normalized spacial score (nSPS) is 16.2. The molecule has 1 fully saturated rings. The molecule has 0 N–H and O–H groups in total. The highest BCUT2D eigenvalue weighted by Crippen LogP contribution is 2.33. The number of carbonyl (C=O) groups is 1. The van der Waals surface area contributed by atoms with Gasteiger partial charge in [-0.15, -0.1) is 11.3 Å². The lowest BCUT2D eigenvalue weighted by Crippen LogP contribution is -2.31. The Bertz CT molecular complexity index is 979. The van der Waals surface area contributed by atoms with Crippen LogP contribution in [0.5, 0.6) is 5.75 Å². The number of hydrogen-bond acceptors (Lipinski definition) is 4. The Balaban J connectivity index is 1.38. The van der Waals surface area contributed by atoms with Crippen LogP contribution in [0.15, 0.2) is 54.0 Å². The van der Waals surface area contributed by atoms with Gasteiger partial charge in [0.15, 0.2) is 11.6 Å². The van der Waals surface area contributed by atoms with Crippen molar-refractivity contribution in [3.8, 4) is 5.75 Å². The number of ether oxygens (including phenoxy) is 1. The average Bonchev–Trinajstić information content (AvgIpc) is 3.40. The summed E-state index contributed by atoms with van der Waals surface area (Å²) in [4.78, 5) is 19.0. The van der Waals surface area contributed by atoms with Crippen LogP contribution in [0.25, 0.3) is 0 Å². The first-order valence-corrected chi connectivity index (χ1v) is 10.7. The Hall–Kier alpha value is -2.44. The Morgan fingerprint density at radius 2 is 2.03 bits per heavy atom. The number of halogens is 2. The molecule has 1 unspecified atom stereocenters. The van der Waals surface area contributed by atoms with E-state index in [2.05, 4.69) is 4.98 Å². The third-order valence-corrected chi connectivity index (χ3v) is 6.10. The standard InChI is InChI=1S/C22H20ClFN2O2S/c23-17-6-3-15(4-7-17)14-28-20-8-5-16(12-18(20)24)13-21(27)26-10-1-2-19(26)22-25-9-11-29-22/h3-9,11-12,19H,1-2,10,13-14H2. The van der Waals surface area contributed by atoms with Gasteiger partial charge in [-0.3, -0.25) is 4.79 Å². The molecule has 7 heteroatoms. The van der Waals surface area contributed by atoms with Crippen LogP contribution in [0.2, 0.25) is 5.02 Å². The number of nitrogens with zero attached hydrogens (tertiary/aromatic N) is 2. The van der Waals surface area contributed by atoms with Crippen LogP contribution in [0.1, 0.15) is 35.0 Å². The van der Waals surface area contributed by atoms with Crippen LogP contribution in [0.4, 0.5) is 4.39 Å². The zero-order valence-electron chi connectivity index (χ0n) is 15.7. The maximum Gasteiger partial charge on any atom is 0.227 e. The van der Waals surface area contributed by atoms with E-state index in [1.165, 1.54) is 6.07 Å². The monoisotopic (exact) mass is 430 g/mol. The second kappa shape index (κ2) is 8.93. The van der Waals surface area contributed by atoms with Gasteiger partial charge in [0.25, 0.3) is 0 Å². The van der Waals surface area contributed by atoms with Crippen LogP contribution in [0, 0.1) is 5.82 Å². The van der Waals surface area contributed by atoms with Gasteiger partial charge in [-0.05, 0) is 48.2 Å². The second-order valence-electron chi connectivity index (χ2n) is 6.97. The van der Waals surface area contributed by atoms with Gasteiger partial charge >= 0.3 is 0 Å². The minimum atomic E-state index is -0.470. The van der Waals surface area contributed by atoms with Crippen LogP contribution in [-0.2, 0) is 17.8 Å². The molecule has 1 aliphatic rings. The molecule has 1 amide bonds. The third kappa shape index (κ3) is 4.77. The van der Waals surface area contributed by atoms with Crippen molar-refractivity contribution >= 4 is 28.8 Å². The average molecular weight is 431 g/mol. The summed E-state index contributed by atoms with van der Waals surface area (Å²) in [6.07, 6.45) is 3.81. The van der Waals surface area contributed by atoms with Crippen molar-refractivity contribution in [1.82, 2.24) is 9.88 Å². The van der Waals surface area contributed by atoms with E-state index < -0.39 is 5.82 Å². The van der Waals surface area contributed by atoms with E-state index in [1.54, 1.807) is 41.8 Å². The molecule has 2 aromatic carbocycles. The van der Waals surface area contributed by atoms with Gasteiger partial charge in [0.2, 0.25) is 5.91 Å². The number of aromatic nitrogens is 1. The minimum Gasteiger partial charge on any atom is -0.486 e. The van der Waals surface area contributed by atoms with Crippen molar-refractivity contribution < 1.29 is 13.9 Å². The van der Waals surface area contributed by atoms with E-state index in [-0.39, 0.29) is 30.7 Å². The van der Waals surface area contributed by atoms with Gasteiger partial charge in [-0.2, -0.15) is 0 Å². The fourth-order valence-electron chi connectivity index (χ4n) is 3.51. The number of thiazole rings is 1. The summed E-state index contributed by atoms with van der Waals surface area (Å²) in [5.74, 6) is -0.308. The van der Waals surface area contributed by atoms with Crippen molar-refractivity contribution in [3.05, 3.63) is 81.0 Å². The van der Waals surface area contributed by atoms with E-state index >= 15 is 0 Å². The number of hydrogen-bond donors (Lipinski definition) is 0. The Morgan fingerprint density at radius 3 is 2.76 bits per heavy atom. The van der Waals surface area contributed by atoms with Gasteiger partial charge in [-0.25, -0.2) is 9.37 Å². The third-order valence-electron chi connectivity index (χ3n) is 4.97. The summed E-state index contributed by atoms with van der Waals surface area (Å²) in [6, 6.07) is 11.9. The summed E-state index contributed by atoms with van der Waals surface area (Å²) < 4.78 is 20.0. The molecule has 1 aromatic heterocycles. The largest absolute Gasteiger partial charge is 0.486 e. The maximum absolute atomic E-state index is 14.5. The number of carbonyl (C=O) groups excluding carboxylic acids is 1. The molecule has 0 aliphatic carbocycles. The van der Waals surface area contributed by atoms with Crippen molar-refractivity contribution in [2.24, 2.45) is 0 Å². The molecule has 4 rings (SSSR count). The highest BCUT2D eigenvalue weighted by molar-refractivity contribution is 7.09. The predicted molar refractivity (Wildman–Crippen MR) is 112 cm³/mol. The first-order chi connectivity index (χ1) is 14.1. The lowest BCUT2D eigenvalue weighted by Gasteiger charge is -2.23. The molecule has 0 spiro atoms. The van der Waals surface area contributed by atoms with Crippen molar-refractivity contribution in [1.29, 1.82) is 0 Å². The lowest BCUT2D eigenvalue weighted by atomic mass is 10.1. The molecular formula is C22H20ClFN2O2S. The predicted octanol–water partition coefficient (Wildman–Crippen LogP) is 5.42. The van der Waals surface area contributed by atoms with E-state index in [9.17, 15) is 9.18 Å². The number of benzene rings is 2. The molecule has 2 heterocycles. The number of likely N-dealkylation sites (tertiary alicyclic amines) is 1. The fraction of sp³-hybridized carbons (Fsp3) is 0.273. The fourth-order valence-corrected chi connectivity index (χ4v) is 4.42. The Labute approximate surface area is 177 Å². The maximum atomic E-state index is 14.5. The molecule has 3 aromatic rings. The zero-order valence-corrected chi connectivity index (χ0v) is 17.3. The molecule has 1 saturated heterocycles. The summed E-state index contributed by atoms with van der Waals surface area (Å²) in [7, 11) is 0. The van der Waals surface area contributed by atoms with Crippen LogP contribution < -0.4 is 4.74 Å². The first kappa shape index (κ1) is 19.9. The highest BCUT2D eigenvalue weighted by atomic mass is 35.5.